The molecule has 0 unspecified atom stereocenters. The van der Waals surface area contributed by atoms with Crippen molar-refractivity contribution in [2.45, 2.75) is 57.2 Å². The maximum Gasteiger partial charge on any atom is 0.337 e. The van der Waals surface area contributed by atoms with Gasteiger partial charge in [-0.05, 0) is 61.7 Å². The van der Waals surface area contributed by atoms with Gasteiger partial charge in [0.05, 0.1) is 24.8 Å². The minimum atomic E-state index is -0.312. The van der Waals surface area contributed by atoms with Crippen molar-refractivity contribution in [1.29, 1.82) is 0 Å². The Hall–Kier alpha value is -2.70. The van der Waals surface area contributed by atoms with Crippen molar-refractivity contribution in [3.63, 3.8) is 0 Å². The standard InChI is InChI=1S/C27H34N2O4/c1-4-23(30)28-24-21-8-6-7-9-22(21)27(25(24)33-5-2)14-16-29(17-15-27)18-19-10-12-20(13-11-19)26(31)32-3/h6-13,24-25H,4-5,14-18H2,1-3H3,(H,28,30)/t24-,25+/m1/s1. The topological polar surface area (TPSA) is 67.9 Å². The van der Waals surface area contributed by atoms with E-state index in [-0.39, 0.29) is 29.4 Å². The van der Waals surface area contributed by atoms with Crippen LogP contribution in [0.5, 0.6) is 0 Å². The number of esters is 1. The van der Waals surface area contributed by atoms with E-state index in [4.69, 9.17) is 9.47 Å². The number of piperidine rings is 1. The lowest BCUT2D eigenvalue weighted by Crippen LogP contribution is -2.50. The molecule has 6 heteroatoms. The van der Waals surface area contributed by atoms with E-state index in [2.05, 4.69) is 34.5 Å². The van der Waals surface area contributed by atoms with Crippen LogP contribution in [0.25, 0.3) is 0 Å². The summed E-state index contributed by atoms with van der Waals surface area (Å²) in [6.45, 7) is 7.28. The summed E-state index contributed by atoms with van der Waals surface area (Å²) in [6, 6.07) is 16.1. The molecule has 1 N–H and O–H groups in total. The number of hydrogen-bond acceptors (Lipinski definition) is 5. The maximum atomic E-state index is 12.3. The average molecular weight is 451 g/mol. The van der Waals surface area contributed by atoms with Crippen LogP contribution in [0.1, 0.15) is 66.2 Å². The number of ether oxygens (including phenoxy) is 2. The number of nitrogens with zero attached hydrogens (tertiary/aromatic N) is 1. The van der Waals surface area contributed by atoms with Crippen molar-refractivity contribution in [1.82, 2.24) is 10.2 Å². The van der Waals surface area contributed by atoms with E-state index in [0.717, 1.165) is 32.5 Å². The summed E-state index contributed by atoms with van der Waals surface area (Å²) in [5, 5.41) is 3.25. The quantitative estimate of drug-likeness (QED) is 0.646. The number of fused-ring (bicyclic) bond motifs is 2. The summed E-state index contributed by atoms with van der Waals surface area (Å²) in [7, 11) is 1.40. The molecular formula is C27H34N2O4. The molecule has 2 atom stereocenters. The summed E-state index contributed by atoms with van der Waals surface area (Å²) in [4.78, 5) is 26.5. The predicted molar refractivity (Wildman–Crippen MR) is 127 cm³/mol. The van der Waals surface area contributed by atoms with Crippen LogP contribution in [0.3, 0.4) is 0 Å². The van der Waals surface area contributed by atoms with Crippen LogP contribution in [0.4, 0.5) is 0 Å². The van der Waals surface area contributed by atoms with Crippen LogP contribution in [0.2, 0.25) is 0 Å². The first kappa shape index (κ1) is 23.5. The molecule has 33 heavy (non-hydrogen) atoms. The van der Waals surface area contributed by atoms with Crippen LogP contribution in [0.15, 0.2) is 48.5 Å². The van der Waals surface area contributed by atoms with Crippen LogP contribution in [-0.4, -0.2) is 49.7 Å². The summed E-state index contributed by atoms with van der Waals surface area (Å²) in [6.07, 6.45) is 2.37. The minimum Gasteiger partial charge on any atom is -0.465 e. The molecule has 2 aromatic carbocycles. The maximum absolute atomic E-state index is 12.3. The second-order valence-electron chi connectivity index (χ2n) is 8.98. The van der Waals surface area contributed by atoms with Gasteiger partial charge in [-0.1, -0.05) is 43.3 Å². The lowest BCUT2D eigenvalue weighted by atomic mass is 9.71. The largest absolute Gasteiger partial charge is 0.465 e. The molecule has 1 amide bonds. The van der Waals surface area contributed by atoms with Crippen molar-refractivity contribution in [2.24, 2.45) is 0 Å². The molecule has 1 spiro atoms. The Balaban J connectivity index is 1.51. The monoisotopic (exact) mass is 450 g/mol. The number of methoxy groups -OCH3 is 1. The zero-order chi connectivity index (χ0) is 23.4. The summed E-state index contributed by atoms with van der Waals surface area (Å²) in [5.74, 6) is -0.252. The molecule has 1 aliphatic heterocycles. The van der Waals surface area contributed by atoms with E-state index < -0.39 is 0 Å². The Bertz CT molecular complexity index is 980. The van der Waals surface area contributed by atoms with Gasteiger partial charge in [-0.15, -0.1) is 0 Å². The molecular weight excluding hydrogens is 416 g/mol. The van der Waals surface area contributed by atoms with Gasteiger partial charge >= 0.3 is 5.97 Å². The third-order valence-electron chi connectivity index (χ3n) is 7.19. The molecule has 4 rings (SSSR count). The smallest absolute Gasteiger partial charge is 0.337 e. The van der Waals surface area contributed by atoms with Crippen molar-refractivity contribution in [3.8, 4) is 0 Å². The van der Waals surface area contributed by atoms with E-state index in [1.165, 1.54) is 23.8 Å². The number of nitrogens with one attached hydrogen (secondary N) is 1. The number of carbonyl (C=O) groups is 2. The molecule has 0 radical (unpaired) electrons. The van der Waals surface area contributed by atoms with Crippen LogP contribution >= 0.6 is 0 Å². The number of benzene rings is 2. The fourth-order valence-electron chi connectivity index (χ4n) is 5.51. The Labute approximate surface area is 196 Å². The van der Waals surface area contributed by atoms with Crippen LogP contribution in [0, 0.1) is 0 Å². The number of rotatable bonds is 7. The molecule has 1 fully saturated rings. The highest BCUT2D eigenvalue weighted by Crippen LogP contribution is 2.52. The van der Waals surface area contributed by atoms with Crippen LogP contribution < -0.4 is 5.32 Å². The van der Waals surface area contributed by atoms with Crippen molar-refractivity contribution in [2.75, 3.05) is 26.8 Å². The fourth-order valence-corrected chi connectivity index (χ4v) is 5.51. The van der Waals surface area contributed by atoms with Gasteiger partial charge in [-0.3, -0.25) is 9.69 Å². The third-order valence-corrected chi connectivity index (χ3v) is 7.19. The molecule has 1 heterocycles. The van der Waals surface area contributed by atoms with Crippen molar-refractivity contribution in [3.05, 3.63) is 70.8 Å². The van der Waals surface area contributed by atoms with E-state index in [1.807, 2.05) is 38.1 Å². The van der Waals surface area contributed by atoms with Gasteiger partial charge in [0, 0.05) is 25.0 Å². The molecule has 0 saturated carbocycles. The second kappa shape index (κ2) is 10.1. The van der Waals surface area contributed by atoms with Gasteiger partial charge < -0.3 is 14.8 Å². The first-order valence-electron chi connectivity index (χ1n) is 11.9. The molecule has 1 saturated heterocycles. The number of hydrogen-bond donors (Lipinski definition) is 1. The lowest BCUT2D eigenvalue weighted by molar-refractivity contribution is -0.123. The highest BCUT2D eigenvalue weighted by molar-refractivity contribution is 5.89. The van der Waals surface area contributed by atoms with Gasteiger partial charge in [-0.25, -0.2) is 4.79 Å². The Morgan fingerprint density at radius 1 is 1.06 bits per heavy atom. The van der Waals surface area contributed by atoms with Gasteiger partial charge in [-0.2, -0.15) is 0 Å². The van der Waals surface area contributed by atoms with Crippen molar-refractivity contribution >= 4 is 11.9 Å². The van der Waals surface area contributed by atoms with Gasteiger partial charge in [0.15, 0.2) is 0 Å². The molecule has 2 aliphatic rings. The van der Waals surface area contributed by atoms with E-state index in [0.29, 0.717) is 18.6 Å². The summed E-state index contributed by atoms with van der Waals surface area (Å²) >= 11 is 0. The Morgan fingerprint density at radius 2 is 1.76 bits per heavy atom. The molecule has 0 bridgehead atoms. The van der Waals surface area contributed by atoms with Gasteiger partial charge in [0.25, 0.3) is 0 Å². The van der Waals surface area contributed by atoms with Crippen molar-refractivity contribution < 1.29 is 19.1 Å². The Kier molecular flexibility index (Phi) is 7.15. The minimum absolute atomic E-state index is 0.0584. The first-order valence-corrected chi connectivity index (χ1v) is 11.9. The van der Waals surface area contributed by atoms with E-state index in [9.17, 15) is 9.59 Å². The molecule has 6 nitrogen and oxygen atoms in total. The highest BCUT2D eigenvalue weighted by Gasteiger charge is 2.54. The van der Waals surface area contributed by atoms with Gasteiger partial charge in [0.2, 0.25) is 5.91 Å². The average Bonchev–Trinajstić information content (AvgIpc) is 3.09. The zero-order valence-corrected chi connectivity index (χ0v) is 19.8. The predicted octanol–water partition coefficient (Wildman–Crippen LogP) is 3.99. The summed E-state index contributed by atoms with van der Waals surface area (Å²) < 4.78 is 11.1. The third kappa shape index (κ3) is 4.55. The van der Waals surface area contributed by atoms with E-state index >= 15 is 0 Å². The van der Waals surface area contributed by atoms with E-state index in [1.54, 1.807) is 0 Å². The SMILES string of the molecule is CCO[C@H]1[C@H](NC(=O)CC)c2ccccc2C12CCN(Cc1ccc(C(=O)OC)cc1)CC2. The zero-order valence-electron chi connectivity index (χ0n) is 19.8. The highest BCUT2D eigenvalue weighted by atomic mass is 16.5. The number of likely N-dealkylation sites (tertiary alicyclic amines) is 1. The molecule has 0 aromatic heterocycles. The normalized spacial score (nSPS) is 21.5. The van der Waals surface area contributed by atoms with Gasteiger partial charge in [0.1, 0.15) is 0 Å². The molecule has 1 aliphatic carbocycles. The van der Waals surface area contributed by atoms with Crippen LogP contribution in [-0.2, 0) is 26.2 Å². The summed E-state index contributed by atoms with van der Waals surface area (Å²) in [5.41, 5.74) is 4.18. The number of carbonyl (C=O) groups excluding carboxylic acids is 2. The second-order valence-corrected chi connectivity index (χ2v) is 8.98. The number of amides is 1. The first-order chi connectivity index (χ1) is 16.0. The fraction of sp³-hybridized carbons (Fsp3) is 0.481. The molecule has 2 aromatic rings. The lowest BCUT2D eigenvalue weighted by Gasteiger charge is -2.44. The Morgan fingerprint density at radius 3 is 2.39 bits per heavy atom. The molecule has 176 valence electrons.